The van der Waals surface area contributed by atoms with E-state index in [9.17, 15) is 4.79 Å². The van der Waals surface area contributed by atoms with Gasteiger partial charge in [0, 0.05) is 23.2 Å². The molecule has 2 heterocycles. The minimum Gasteiger partial charge on any atom is -0.299 e. The van der Waals surface area contributed by atoms with Gasteiger partial charge in [0.15, 0.2) is 5.82 Å². The first-order valence-corrected chi connectivity index (χ1v) is 7.51. The highest BCUT2D eigenvalue weighted by Crippen LogP contribution is 2.40. The predicted octanol–water partition coefficient (Wildman–Crippen LogP) is 3.58. The first-order valence-electron chi connectivity index (χ1n) is 7.13. The Morgan fingerprint density at radius 2 is 2.14 bits per heavy atom. The molecule has 2 unspecified atom stereocenters. The first kappa shape index (κ1) is 12.8. The van der Waals surface area contributed by atoms with Crippen LogP contribution in [0.25, 0.3) is 0 Å². The molecule has 4 nitrogen and oxygen atoms in total. The average Bonchev–Trinajstić information content (AvgIpc) is 2.93. The molecule has 0 bridgehead atoms. The third kappa shape index (κ3) is 2.02. The molecule has 21 heavy (non-hydrogen) atoms. The van der Waals surface area contributed by atoms with Crippen molar-refractivity contribution < 1.29 is 4.79 Å². The molecule has 2 aromatic rings. The lowest BCUT2D eigenvalue weighted by atomic mass is 9.77. The summed E-state index contributed by atoms with van der Waals surface area (Å²) in [5, 5.41) is 5.06. The molecular weight excluding hydrogens is 286 g/mol. The molecule has 2 atom stereocenters. The minimum absolute atomic E-state index is 0.131. The van der Waals surface area contributed by atoms with Gasteiger partial charge in [-0.15, -0.1) is 0 Å². The van der Waals surface area contributed by atoms with E-state index in [0.717, 1.165) is 29.9 Å². The number of carbonyl (C=O) groups is 1. The molecule has 1 aliphatic heterocycles. The van der Waals surface area contributed by atoms with Crippen LogP contribution in [0.3, 0.4) is 0 Å². The zero-order chi connectivity index (χ0) is 14.4. The maximum Gasteiger partial charge on any atom is 0.150 e. The fourth-order valence-electron chi connectivity index (χ4n) is 3.35. The summed E-state index contributed by atoms with van der Waals surface area (Å²) in [5.41, 5.74) is 2.00. The Labute approximate surface area is 127 Å². The molecule has 1 aromatic heterocycles. The fraction of sp³-hybridized carbons (Fsp3) is 0.312. The van der Waals surface area contributed by atoms with Gasteiger partial charge < -0.3 is 0 Å². The largest absolute Gasteiger partial charge is 0.299 e. The van der Waals surface area contributed by atoms with Crippen LogP contribution < -0.4 is 0 Å². The number of fused-ring (bicyclic) bond motifs is 2. The van der Waals surface area contributed by atoms with Crippen LogP contribution in [0.1, 0.15) is 30.9 Å². The van der Waals surface area contributed by atoms with Crippen LogP contribution in [-0.4, -0.2) is 21.3 Å². The van der Waals surface area contributed by atoms with Gasteiger partial charge in [0.2, 0.25) is 0 Å². The van der Waals surface area contributed by atoms with Gasteiger partial charge in [0.1, 0.15) is 5.78 Å². The van der Waals surface area contributed by atoms with Crippen molar-refractivity contribution in [1.82, 2.24) is 9.78 Å². The standard InChI is InChI=1S/C16H14ClN3O/c17-11-4-1-3-10(9-11)16-15-12(5-2-6-13(15)21)19-14-7-8-18-20(14)16/h1,3-4,7-9,15-16H,2,5-6H2. The number of hydrogen-bond acceptors (Lipinski definition) is 3. The van der Waals surface area contributed by atoms with Crippen LogP contribution >= 0.6 is 11.6 Å². The molecule has 0 saturated heterocycles. The highest BCUT2D eigenvalue weighted by atomic mass is 35.5. The zero-order valence-electron chi connectivity index (χ0n) is 11.4. The van der Waals surface area contributed by atoms with Crippen molar-refractivity contribution in [3.05, 3.63) is 47.1 Å². The molecule has 1 aliphatic carbocycles. The summed E-state index contributed by atoms with van der Waals surface area (Å²) < 4.78 is 1.85. The normalized spacial score (nSPS) is 24.2. The number of ketones is 1. The molecule has 0 radical (unpaired) electrons. The maximum absolute atomic E-state index is 12.5. The number of benzene rings is 1. The second kappa shape index (κ2) is 4.81. The summed E-state index contributed by atoms with van der Waals surface area (Å²) in [6, 6.07) is 9.44. The highest BCUT2D eigenvalue weighted by Gasteiger charge is 2.40. The third-order valence-corrected chi connectivity index (χ3v) is 4.47. The number of aromatic nitrogens is 2. The molecule has 0 amide bonds. The van der Waals surface area contributed by atoms with Gasteiger partial charge in [0.05, 0.1) is 18.2 Å². The van der Waals surface area contributed by atoms with Crippen LogP contribution in [0.4, 0.5) is 5.82 Å². The van der Waals surface area contributed by atoms with Crippen LogP contribution in [0.15, 0.2) is 41.5 Å². The van der Waals surface area contributed by atoms with Gasteiger partial charge in [-0.1, -0.05) is 23.7 Å². The van der Waals surface area contributed by atoms with Crippen molar-refractivity contribution in [2.45, 2.75) is 25.3 Å². The van der Waals surface area contributed by atoms with E-state index in [0.29, 0.717) is 11.4 Å². The van der Waals surface area contributed by atoms with E-state index in [2.05, 4.69) is 10.1 Å². The molecule has 1 aromatic carbocycles. The van der Waals surface area contributed by atoms with Crippen LogP contribution in [0.2, 0.25) is 5.02 Å². The Bertz CT molecular complexity index is 749. The van der Waals surface area contributed by atoms with Gasteiger partial charge in [-0.3, -0.25) is 4.79 Å². The maximum atomic E-state index is 12.5. The van der Waals surface area contributed by atoms with Crippen molar-refractivity contribution in [3.8, 4) is 0 Å². The third-order valence-electron chi connectivity index (χ3n) is 4.24. The molecule has 0 spiro atoms. The van der Waals surface area contributed by atoms with E-state index in [1.54, 1.807) is 6.20 Å². The van der Waals surface area contributed by atoms with Crippen molar-refractivity contribution in [2.75, 3.05) is 0 Å². The lowest BCUT2D eigenvalue weighted by Gasteiger charge is -2.34. The Hall–Kier alpha value is -1.94. The zero-order valence-corrected chi connectivity index (χ0v) is 12.1. The van der Waals surface area contributed by atoms with E-state index in [-0.39, 0.29) is 17.7 Å². The fourth-order valence-corrected chi connectivity index (χ4v) is 3.55. The number of Topliss-reactive ketones (excluding diaryl/α,β-unsaturated/α-hetero) is 1. The number of aliphatic imine (C=N–C) groups is 1. The van der Waals surface area contributed by atoms with Crippen LogP contribution in [-0.2, 0) is 4.79 Å². The number of carbonyl (C=O) groups excluding carboxylic acids is 1. The number of rotatable bonds is 1. The van der Waals surface area contributed by atoms with Gasteiger partial charge in [0.25, 0.3) is 0 Å². The van der Waals surface area contributed by atoms with Crippen molar-refractivity contribution >= 4 is 28.9 Å². The van der Waals surface area contributed by atoms with E-state index in [1.165, 1.54) is 0 Å². The van der Waals surface area contributed by atoms with E-state index in [4.69, 9.17) is 11.6 Å². The molecule has 2 aliphatic rings. The van der Waals surface area contributed by atoms with Gasteiger partial charge in [-0.2, -0.15) is 5.10 Å². The Balaban J connectivity index is 1.90. The Morgan fingerprint density at radius 3 is 3.00 bits per heavy atom. The van der Waals surface area contributed by atoms with Gasteiger partial charge in [-0.25, -0.2) is 9.67 Å². The smallest absolute Gasteiger partial charge is 0.150 e. The Kier molecular flexibility index (Phi) is 2.93. The monoisotopic (exact) mass is 299 g/mol. The summed E-state index contributed by atoms with van der Waals surface area (Å²) >= 11 is 6.13. The van der Waals surface area contributed by atoms with E-state index >= 15 is 0 Å². The molecular formula is C16H14ClN3O. The van der Waals surface area contributed by atoms with Gasteiger partial charge in [-0.05, 0) is 30.5 Å². The SMILES string of the molecule is O=C1CCCC2=Nc3ccnn3C(c3cccc(Cl)c3)C12. The quantitative estimate of drug-likeness (QED) is 0.808. The molecule has 0 N–H and O–H groups in total. The van der Waals surface area contributed by atoms with Crippen LogP contribution in [0, 0.1) is 5.92 Å². The number of nitrogens with zero attached hydrogens (tertiary/aromatic N) is 3. The van der Waals surface area contributed by atoms with E-state index in [1.807, 2.05) is 35.0 Å². The van der Waals surface area contributed by atoms with Crippen molar-refractivity contribution in [2.24, 2.45) is 10.9 Å². The Morgan fingerprint density at radius 1 is 1.24 bits per heavy atom. The highest BCUT2D eigenvalue weighted by molar-refractivity contribution is 6.30. The first-order chi connectivity index (χ1) is 10.2. The predicted molar refractivity (Wildman–Crippen MR) is 81.3 cm³/mol. The summed E-state index contributed by atoms with van der Waals surface area (Å²) in [6.07, 6.45) is 4.14. The van der Waals surface area contributed by atoms with Crippen molar-refractivity contribution in [1.29, 1.82) is 0 Å². The molecule has 106 valence electrons. The summed E-state index contributed by atoms with van der Waals surface area (Å²) in [5.74, 6) is 0.872. The lowest BCUT2D eigenvalue weighted by molar-refractivity contribution is -0.122. The molecule has 5 heteroatoms. The second-order valence-corrected chi connectivity index (χ2v) is 5.97. The number of halogens is 1. The summed E-state index contributed by atoms with van der Waals surface area (Å²) in [4.78, 5) is 17.1. The average molecular weight is 300 g/mol. The molecule has 4 rings (SSSR count). The molecule has 1 fully saturated rings. The van der Waals surface area contributed by atoms with Crippen LogP contribution in [0.5, 0.6) is 0 Å². The second-order valence-electron chi connectivity index (χ2n) is 5.53. The molecule has 1 saturated carbocycles. The lowest BCUT2D eigenvalue weighted by Crippen LogP contribution is -2.39. The minimum atomic E-state index is -0.204. The topological polar surface area (TPSA) is 47.2 Å². The van der Waals surface area contributed by atoms with Crippen molar-refractivity contribution in [3.63, 3.8) is 0 Å². The van der Waals surface area contributed by atoms with Gasteiger partial charge >= 0.3 is 0 Å². The van der Waals surface area contributed by atoms with E-state index < -0.39 is 0 Å². The summed E-state index contributed by atoms with van der Waals surface area (Å²) in [7, 11) is 0. The number of hydrogen-bond donors (Lipinski definition) is 0. The summed E-state index contributed by atoms with van der Waals surface area (Å²) in [6.45, 7) is 0.